The predicted molar refractivity (Wildman–Crippen MR) is 88.5 cm³/mol. The van der Waals surface area contributed by atoms with Crippen LogP contribution in [0.25, 0.3) is 0 Å². The lowest BCUT2D eigenvalue weighted by atomic mass is 10.2. The van der Waals surface area contributed by atoms with Crippen LogP contribution in [0.5, 0.6) is 0 Å². The number of imide groups is 1. The van der Waals surface area contributed by atoms with E-state index in [0.717, 1.165) is 5.56 Å². The van der Waals surface area contributed by atoms with E-state index in [1.54, 1.807) is 0 Å². The molecule has 0 aliphatic rings. The van der Waals surface area contributed by atoms with Crippen molar-refractivity contribution in [2.24, 2.45) is 5.73 Å². The summed E-state index contributed by atoms with van der Waals surface area (Å²) in [6.45, 7) is 1.90. The number of hydrogen-bond donors (Lipinski definition) is 3. The fraction of sp³-hybridized carbons (Fsp3) is 0.200. The van der Waals surface area contributed by atoms with E-state index in [0.29, 0.717) is 11.7 Å². The van der Waals surface area contributed by atoms with Gasteiger partial charge in [-0.15, -0.1) is 11.3 Å². The predicted octanol–water partition coefficient (Wildman–Crippen LogP) is 1.50. The average molecular weight is 348 g/mol. The van der Waals surface area contributed by atoms with Crippen molar-refractivity contribution in [3.8, 4) is 0 Å². The topological polar surface area (TPSA) is 123 Å². The number of primary amides is 1. The molecule has 0 spiro atoms. The molecule has 1 aromatic heterocycles. The third kappa shape index (κ3) is 5.06. The maximum Gasteiger partial charge on any atom is 0.358 e. The Kier molecular flexibility index (Phi) is 5.85. The average Bonchev–Trinajstić information content (AvgIpc) is 3.02. The lowest BCUT2D eigenvalue weighted by Gasteiger charge is -2.10. The Hall–Kier alpha value is -2.94. The van der Waals surface area contributed by atoms with Gasteiger partial charge in [-0.3, -0.25) is 10.1 Å². The van der Waals surface area contributed by atoms with Crippen LogP contribution in [-0.2, 0) is 16.1 Å². The number of nitrogens with zero attached hydrogens (tertiary/aromatic N) is 1. The summed E-state index contributed by atoms with van der Waals surface area (Å²) in [5.74, 6) is -1.56. The van der Waals surface area contributed by atoms with Crippen LogP contribution in [0.1, 0.15) is 23.0 Å². The third-order valence-electron chi connectivity index (χ3n) is 2.90. The molecule has 0 bridgehead atoms. The molecule has 0 fully saturated rings. The second-order valence-electron chi connectivity index (χ2n) is 4.78. The van der Waals surface area contributed by atoms with Crippen LogP contribution < -0.4 is 16.4 Å². The Labute approximate surface area is 142 Å². The summed E-state index contributed by atoms with van der Waals surface area (Å²) in [7, 11) is 0. The number of benzene rings is 1. The summed E-state index contributed by atoms with van der Waals surface area (Å²) >= 11 is 1.25. The number of nitrogens with one attached hydrogen (secondary N) is 2. The van der Waals surface area contributed by atoms with Gasteiger partial charge in [-0.1, -0.05) is 30.3 Å². The van der Waals surface area contributed by atoms with E-state index in [1.165, 1.54) is 23.6 Å². The van der Waals surface area contributed by atoms with E-state index in [-0.39, 0.29) is 5.69 Å². The van der Waals surface area contributed by atoms with Crippen molar-refractivity contribution in [3.05, 3.63) is 47.0 Å². The Morgan fingerprint density at radius 2 is 2.00 bits per heavy atom. The van der Waals surface area contributed by atoms with Gasteiger partial charge in [0.1, 0.15) is 0 Å². The molecule has 126 valence electrons. The van der Waals surface area contributed by atoms with Gasteiger partial charge in [0.25, 0.3) is 5.91 Å². The monoisotopic (exact) mass is 348 g/mol. The molecule has 9 heteroatoms. The molecule has 0 saturated carbocycles. The minimum absolute atomic E-state index is 0.0780. The number of carbonyl (C=O) groups excluding carboxylic acids is 3. The van der Waals surface area contributed by atoms with Gasteiger partial charge in [-0.2, -0.15) is 0 Å². The molecule has 4 N–H and O–H groups in total. The zero-order valence-electron chi connectivity index (χ0n) is 12.8. The van der Waals surface area contributed by atoms with Gasteiger partial charge in [0.2, 0.25) is 0 Å². The zero-order valence-corrected chi connectivity index (χ0v) is 13.6. The van der Waals surface area contributed by atoms with E-state index >= 15 is 0 Å². The fourth-order valence-corrected chi connectivity index (χ4v) is 2.40. The van der Waals surface area contributed by atoms with Crippen LogP contribution >= 0.6 is 11.3 Å². The number of amides is 3. The molecule has 0 radical (unpaired) electrons. The third-order valence-corrected chi connectivity index (χ3v) is 3.70. The van der Waals surface area contributed by atoms with Crippen molar-refractivity contribution in [2.75, 3.05) is 5.32 Å². The number of thiazole rings is 1. The molecule has 0 unspecified atom stereocenters. The quantitative estimate of drug-likeness (QED) is 0.680. The van der Waals surface area contributed by atoms with Crippen molar-refractivity contribution >= 4 is 34.4 Å². The number of hydrogen-bond acceptors (Lipinski definition) is 7. The van der Waals surface area contributed by atoms with Gasteiger partial charge in [-0.25, -0.2) is 14.6 Å². The number of esters is 1. The van der Waals surface area contributed by atoms with Crippen LogP contribution in [0, 0.1) is 0 Å². The summed E-state index contributed by atoms with van der Waals surface area (Å²) in [4.78, 5) is 38.1. The second-order valence-corrected chi connectivity index (χ2v) is 5.64. The molecule has 2 aromatic rings. The molecule has 3 amide bonds. The minimum atomic E-state index is -1.16. The van der Waals surface area contributed by atoms with E-state index < -0.39 is 24.0 Å². The SMILES string of the molecule is C[C@H](OC(=O)c1csc(NCc2ccccc2)n1)C(=O)NC(N)=O. The second kappa shape index (κ2) is 8.06. The highest BCUT2D eigenvalue weighted by Crippen LogP contribution is 2.17. The highest BCUT2D eigenvalue weighted by Gasteiger charge is 2.21. The fourth-order valence-electron chi connectivity index (χ4n) is 1.72. The first-order valence-electron chi connectivity index (χ1n) is 7.00. The Morgan fingerprint density at radius 3 is 2.67 bits per heavy atom. The Bertz CT molecular complexity index is 732. The maximum atomic E-state index is 11.9. The van der Waals surface area contributed by atoms with Crippen molar-refractivity contribution in [1.29, 1.82) is 0 Å². The molecule has 2 rings (SSSR count). The number of anilines is 1. The van der Waals surface area contributed by atoms with E-state index in [9.17, 15) is 14.4 Å². The van der Waals surface area contributed by atoms with Crippen LogP contribution in [0.2, 0.25) is 0 Å². The zero-order chi connectivity index (χ0) is 17.5. The Morgan fingerprint density at radius 1 is 1.29 bits per heavy atom. The lowest BCUT2D eigenvalue weighted by molar-refractivity contribution is -0.127. The molecule has 1 aromatic carbocycles. The normalized spacial score (nSPS) is 11.4. The van der Waals surface area contributed by atoms with Gasteiger partial charge in [0, 0.05) is 11.9 Å². The van der Waals surface area contributed by atoms with E-state index in [1.807, 2.05) is 35.6 Å². The number of ether oxygens (including phenoxy) is 1. The largest absolute Gasteiger partial charge is 0.448 e. The van der Waals surface area contributed by atoms with Crippen molar-refractivity contribution in [1.82, 2.24) is 10.3 Å². The molecule has 1 atom stereocenters. The summed E-state index contributed by atoms with van der Waals surface area (Å²) in [6.07, 6.45) is -1.16. The molecule has 8 nitrogen and oxygen atoms in total. The molecule has 0 saturated heterocycles. The number of urea groups is 1. The molecule has 1 heterocycles. The first kappa shape index (κ1) is 17.4. The number of nitrogens with two attached hydrogens (primary N) is 1. The van der Waals surface area contributed by atoms with Gasteiger partial charge in [-0.05, 0) is 12.5 Å². The molecule has 24 heavy (non-hydrogen) atoms. The number of rotatable bonds is 6. The molecule has 0 aliphatic carbocycles. The van der Waals surface area contributed by atoms with E-state index in [4.69, 9.17) is 10.5 Å². The van der Waals surface area contributed by atoms with Crippen LogP contribution in [0.4, 0.5) is 9.93 Å². The molecular weight excluding hydrogens is 332 g/mol. The van der Waals surface area contributed by atoms with Gasteiger partial charge in [0.05, 0.1) is 0 Å². The highest BCUT2D eigenvalue weighted by molar-refractivity contribution is 7.13. The standard InChI is InChI=1S/C15H16N4O4S/c1-9(12(20)19-14(16)22)23-13(21)11-8-24-15(18-11)17-7-10-5-3-2-4-6-10/h2-6,8-9H,7H2,1H3,(H,17,18)(H3,16,19,20,22)/t9-/m0/s1. The van der Waals surface area contributed by atoms with Crippen LogP contribution in [-0.4, -0.2) is 29.0 Å². The number of aromatic nitrogens is 1. The first-order chi connectivity index (χ1) is 11.5. The van der Waals surface area contributed by atoms with Crippen molar-refractivity contribution in [3.63, 3.8) is 0 Å². The van der Waals surface area contributed by atoms with Crippen LogP contribution in [0.3, 0.4) is 0 Å². The highest BCUT2D eigenvalue weighted by atomic mass is 32.1. The van der Waals surface area contributed by atoms with E-state index in [2.05, 4.69) is 10.3 Å². The lowest BCUT2D eigenvalue weighted by Crippen LogP contribution is -2.42. The van der Waals surface area contributed by atoms with Gasteiger partial charge in [0.15, 0.2) is 16.9 Å². The summed E-state index contributed by atoms with van der Waals surface area (Å²) in [6, 6.07) is 8.71. The number of carbonyl (C=O) groups is 3. The smallest absolute Gasteiger partial charge is 0.358 e. The maximum absolute atomic E-state index is 11.9. The summed E-state index contributed by atoms with van der Waals surface area (Å²) in [5, 5.41) is 7.01. The first-order valence-corrected chi connectivity index (χ1v) is 7.88. The molecular formula is C15H16N4O4S. The Balaban J connectivity index is 1.88. The van der Waals surface area contributed by atoms with Crippen LogP contribution in [0.15, 0.2) is 35.7 Å². The van der Waals surface area contributed by atoms with Crippen molar-refractivity contribution in [2.45, 2.75) is 19.6 Å². The van der Waals surface area contributed by atoms with Crippen molar-refractivity contribution < 1.29 is 19.1 Å². The van der Waals surface area contributed by atoms with Gasteiger partial charge >= 0.3 is 12.0 Å². The molecule has 0 aliphatic heterocycles. The summed E-state index contributed by atoms with van der Waals surface area (Å²) < 4.78 is 4.93. The minimum Gasteiger partial charge on any atom is -0.448 e. The van der Waals surface area contributed by atoms with Gasteiger partial charge < -0.3 is 15.8 Å². The summed E-state index contributed by atoms with van der Waals surface area (Å²) in [5.41, 5.74) is 5.98.